The van der Waals surface area contributed by atoms with E-state index in [4.69, 9.17) is 4.74 Å². The van der Waals surface area contributed by atoms with Crippen molar-refractivity contribution in [3.8, 4) is 0 Å². The van der Waals surface area contributed by atoms with E-state index in [1.54, 1.807) is 7.11 Å². The number of rotatable bonds is 8. The molecule has 0 aliphatic carbocycles. The Morgan fingerprint density at radius 3 is 2.79 bits per heavy atom. The summed E-state index contributed by atoms with van der Waals surface area (Å²) >= 11 is 0. The lowest BCUT2D eigenvalue weighted by Gasteiger charge is -2.16. The topological polar surface area (TPSA) is 67.6 Å². The number of nitrogens with zero attached hydrogens (tertiary/aromatic N) is 2. The Hall–Kier alpha value is -1.73. The van der Waals surface area contributed by atoms with Crippen molar-refractivity contribution in [2.75, 3.05) is 45.7 Å². The van der Waals surface area contributed by atoms with Gasteiger partial charge in [-0.15, -0.1) is 0 Å². The molecule has 0 bridgehead atoms. The van der Waals surface area contributed by atoms with Crippen molar-refractivity contribution in [2.24, 2.45) is 0 Å². The van der Waals surface area contributed by atoms with E-state index in [-0.39, 0.29) is 11.4 Å². The van der Waals surface area contributed by atoms with Crippen LogP contribution in [0.25, 0.3) is 0 Å². The standard InChI is InChI=1S/C12H18FN3O3/c1-15(7-8-19-2)6-5-14-12-4-3-10(16(17)18)9-11(12)13/h3-4,9,14H,5-8H2,1-2H3. The van der Waals surface area contributed by atoms with Crippen molar-refractivity contribution < 1.29 is 14.1 Å². The summed E-state index contributed by atoms with van der Waals surface area (Å²) in [5.74, 6) is -0.617. The van der Waals surface area contributed by atoms with Crippen LogP contribution in [0.4, 0.5) is 15.8 Å². The third-order valence-electron chi connectivity index (χ3n) is 2.65. The van der Waals surface area contributed by atoms with Gasteiger partial charge in [-0.05, 0) is 13.1 Å². The number of hydrogen-bond acceptors (Lipinski definition) is 5. The van der Waals surface area contributed by atoms with E-state index in [1.165, 1.54) is 12.1 Å². The van der Waals surface area contributed by atoms with E-state index in [0.29, 0.717) is 13.2 Å². The molecule has 0 aromatic heterocycles. The molecule has 6 nitrogen and oxygen atoms in total. The number of halogens is 1. The molecular weight excluding hydrogens is 253 g/mol. The lowest BCUT2D eigenvalue weighted by Crippen LogP contribution is -2.28. The molecule has 0 fully saturated rings. The quantitative estimate of drug-likeness (QED) is 0.576. The maximum Gasteiger partial charge on any atom is 0.272 e. The Kier molecular flexibility index (Phi) is 6.17. The van der Waals surface area contributed by atoms with Crippen LogP contribution in [0.5, 0.6) is 0 Å². The van der Waals surface area contributed by atoms with Gasteiger partial charge in [-0.1, -0.05) is 0 Å². The molecular formula is C12H18FN3O3. The van der Waals surface area contributed by atoms with Gasteiger partial charge in [-0.3, -0.25) is 10.1 Å². The van der Waals surface area contributed by atoms with Crippen LogP contribution < -0.4 is 5.32 Å². The van der Waals surface area contributed by atoms with E-state index in [1.807, 2.05) is 11.9 Å². The molecule has 7 heteroatoms. The summed E-state index contributed by atoms with van der Waals surface area (Å²) < 4.78 is 18.5. The zero-order chi connectivity index (χ0) is 14.3. The number of non-ortho nitro benzene ring substituents is 1. The zero-order valence-corrected chi connectivity index (χ0v) is 11.1. The minimum absolute atomic E-state index is 0.250. The Bertz CT molecular complexity index is 429. The van der Waals surface area contributed by atoms with Crippen molar-refractivity contribution in [1.29, 1.82) is 0 Å². The normalized spacial score (nSPS) is 10.7. The zero-order valence-electron chi connectivity index (χ0n) is 11.1. The summed E-state index contributed by atoms with van der Waals surface area (Å²) in [6, 6.07) is 3.57. The van der Waals surface area contributed by atoms with E-state index >= 15 is 0 Å². The second-order valence-corrected chi connectivity index (χ2v) is 4.14. The molecule has 19 heavy (non-hydrogen) atoms. The maximum absolute atomic E-state index is 13.5. The molecule has 1 N–H and O–H groups in total. The summed E-state index contributed by atoms with van der Waals surface area (Å²) in [6.07, 6.45) is 0. The van der Waals surface area contributed by atoms with Gasteiger partial charge in [-0.25, -0.2) is 4.39 Å². The number of methoxy groups -OCH3 is 1. The van der Waals surface area contributed by atoms with Crippen LogP contribution in [-0.4, -0.2) is 50.2 Å². The second-order valence-electron chi connectivity index (χ2n) is 4.14. The third kappa shape index (κ3) is 5.19. The third-order valence-corrected chi connectivity index (χ3v) is 2.65. The van der Waals surface area contributed by atoms with Crippen molar-refractivity contribution in [3.63, 3.8) is 0 Å². The lowest BCUT2D eigenvalue weighted by molar-refractivity contribution is -0.385. The Morgan fingerprint density at radius 1 is 1.47 bits per heavy atom. The molecule has 0 aliphatic rings. The molecule has 0 saturated heterocycles. The number of nitrogens with one attached hydrogen (secondary N) is 1. The Balaban J connectivity index is 2.43. The van der Waals surface area contributed by atoms with Gasteiger partial charge in [0.15, 0.2) is 5.82 Å². The van der Waals surface area contributed by atoms with Crippen molar-refractivity contribution in [2.45, 2.75) is 0 Å². The van der Waals surface area contributed by atoms with E-state index in [0.717, 1.165) is 19.2 Å². The van der Waals surface area contributed by atoms with E-state index in [9.17, 15) is 14.5 Å². The molecule has 106 valence electrons. The fourth-order valence-electron chi connectivity index (χ4n) is 1.50. The highest BCUT2D eigenvalue weighted by Gasteiger charge is 2.10. The van der Waals surface area contributed by atoms with Gasteiger partial charge in [0.25, 0.3) is 5.69 Å². The highest BCUT2D eigenvalue weighted by molar-refractivity contribution is 5.50. The molecule has 0 amide bonds. The SMILES string of the molecule is COCCN(C)CCNc1ccc([N+](=O)[O-])cc1F. The number of ether oxygens (including phenoxy) is 1. The Labute approximate surface area is 111 Å². The fraction of sp³-hybridized carbons (Fsp3) is 0.500. The molecule has 0 saturated carbocycles. The minimum atomic E-state index is -0.620. The predicted molar refractivity (Wildman–Crippen MR) is 70.9 cm³/mol. The van der Waals surface area contributed by atoms with Crippen molar-refractivity contribution in [1.82, 2.24) is 4.90 Å². The molecule has 1 aromatic carbocycles. The van der Waals surface area contributed by atoms with Gasteiger partial charge >= 0.3 is 0 Å². The first kappa shape index (κ1) is 15.3. The van der Waals surface area contributed by atoms with Crippen LogP contribution in [0.1, 0.15) is 0 Å². The monoisotopic (exact) mass is 271 g/mol. The molecule has 0 aliphatic heterocycles. The van der Waals surface area contributed by atoms with Crippen LogP contribution in [0.15, 0.2) is 18.2 Å². The fourth-order valence-corrected chi connectivity index (χ4v) is 1.50. The molecule has 0 atom stereocenters. The van der Waals surface area contributed by atoms with Gasteiger partial charge in [0, 0.05) is 32.8 Å². The van der Waals surface area contributed by atoms with Crippen LogP contribution in [0, 0.1) is 15.9 Å². The first-order valence-electron chi connectivity index (χ1n) is 5.90. The molecule has 0 radical (unpaired) electrons. The summed E-state index contributed by atoms with van der Waals surface area (Å²) in [7, 11) is 3.57. The smallest absolute Gasteiger partial charge is 0.272 e. The largest absolute Gasteiger partial charge is 0.383 e. The van der Waals surface area contributed by atoms with Crippen LogP contribution in [-0.2, 0) is 4.74 Å². The number of benzene rings is 1. The first-order chi connectivity index (χ1) is 9.04. The molecule has 1 rings (SSSR count). The van der Waals surface area contributed by atoms with Crippen molar-refractivity contribution in [3.05, 3.63) is 34.1 Å². The van der Waals surface area contributed by atoms with Crippen LogP contribution in [0.3, 0.4) is 0 Å². The summed E-state index contributed by atoms with van der Waals surface area (Å²) in [5.41, 5.74) is 0.0194. The summed E-state index contributed by atoms with van der Waals surface area (Å²) in [5, 5.41) is 13.4. The van der Waals surface area contributed by atoms with Gasteiger partial charge in [0.2, 0.25) is 0 Å². The summed E-state index contributed by atoms with van der Waals surface area (Å²) in [6.45, 7) is 2.71. The van der Waals surface area contributed by atoms with Crippen LogP contribution >= 0.6 is 0 Å². The van der Waals surface area contributed by atoms with Gasteiger partial charge in [-0.2, -0.15) is 0 Å². The summed E-state index contributed by atoms with van der Waals surface area (Å²) in [4.78, 5) is 11.9. The number of hydrogen-bond donors (Lipinski definition) is 1. The highest BCUT2D eigenvalue weighted by atomic mass is 19.1. The van der Waals surface area contributed by atoms with Gasteiger partial charge < -0.3 is 15.0 Å². The van der Waals surface area contributed by atoms with E-state index in [2.05, 4.69) is 5.32 Å². The lowest BCUT2D eigenvalue weighted by atomic mass is 10.2. The number of nitro benzene ring substituents is 1. The molecule has 0 unspecified atom stereocenters. The number of likely N-dealkylation sites (N-methyl/N-ethyl adjacent to an activating group) is 1. The molecule has 1 aromatic rings. The molecule has 0 heterocycles. The van der Waals surface area contributed by atoms with Crippen LogP contribution in [0.2, 0.25) is 0 Å². The van der Waals surface area contributed by atoms with Gasteiger partial charge in [0.1, 0.15) is 0 Å². The highest BCUT2D eigenvalue weighted by Crippen LogP contribution is 2.20. The maximum atomic E-state index is 13.5. The average molecular weight is 271 g/mol. The number of anilines is 1. The minimum Gasteiger partial charge on any atom is -0.383 e. The van der Waals surface area contributed by atoms with Crippen molar-refractivity contribution >= 4 is 11.4 Å². The number of nitro groups is 1. The second kappa shape index (κ2) is 7.65. The van der Waals surface area contributed by atoms with E-state index < -0.39 is 10.7 Å². The first-order valence-corrected chi connectivity index (χ1v) is 5.90. The van der Waals surface area contributed by atoms with Gasteiger partial charge in [0.05, 0.1) is 23.3 Å². The molecule has 0 spiro atoms. The Morgan fingerprint density at radius 2 is 2.21 bits per heavy atom. The average Bonchev–Trinajstić information content (AvgIpc) is 2.38. The predicted octanol–water partition coefficient (Wildman–Crippen LogP) is 1.72.